The molecule has 1 unspecified atom stereocenters. The minimum Gasteiger partial charge on any atom is -0.359 e. The van der Waals surface area contributed by atoms with Crippen molar-refractivity contribution in [3.63, 3.8) is 0 Å². The van der Waals surface area contributed by atoms with E-state index in [4.69, 9.17) is 0 Å². The molecule has 64 valence electrons. The van der Waals surface area contributed by atoms with E-state index < -0.39 is 0 Å². The van der Waals surface area contributed by atoms with Crippen LogP contribution in [0, 0.1) is 5.92 Å². The third kappa shape index (κ3) is 0.986. The number of nitrogens with one attached hydrogen (secondary N) is 1. The van der Waals surface area contributed by atoms with Crippen molar-refractivity contribution < 1.29 is 4.79 Å². The first-order valence-corrected chi connectivity index (χ1v) is 4.53. The molecule has 0 aliphatic heterocycles. The van der Waals surface area contributed by atoms with Crippen molar-refractivity contribution in [3.05, 3.63) is 23.5 Å². The zero-order chi connectivity index (χ0) is 8.55. The van der Waals surface area contributed by atoms with Crippen LogP contribution in [0.25, 0.3) is 0 Å². The van der Waals surface area contributed by atoms with E-state index >= 15 is 0 Å². The summed E-state index contributed by atoms with van der Waals surface area (Å²) >= 11 is 0. The van der Waals surface area contributed by atoms with Gasteiger partial charge in [0.25, 0.3) is 0 Å². The van der Waals surface area contributed by atoms with E-state index in [1.807, 2.05) is 12.3 Å². The number of aryl methyl sites for hydroxylation is 1. The number of aromatic nitrogens is 1. The third-order valence-corrected chi connectivity index (χ3v) is 2.71. The SMILES string of the molecule is CCC1CCc2cc[nH]c2C1=O. The van der Waals surface area contributed by atoms with Crippen LogP contribution in [0.4, 0.5) is 0 Å². The highest BCUT2D eigenvalue weighted by Gasteiger charge is 2.26. The maximum absolute atomic E-state index is 11.7. The monoisotopic (exact) mass is 163 g/mol. The Hall–Kier alpha value is -1.05. The van der Waals surface area contributed by atoms with Crippen LogP contribution in [0.2, 0.25) is 0 Å². The molecule has 0 saturated heterocycles. The minimum absolute atomic E-state index is 0.260. The Morgan fingerprint density at radius 3 is 3.25 bits per heavy atom. The van der Waals surface area contributed by atoms with Gasteiger partial charge in [0, 0.05) is 12.1 Å². The summed E-state index contributed by atoms with van der Waals surface area (Å²) in [6.45, 7) is 2.08. The van der Waals surface area contributed by atoms with Crippen molar-refractivity contribution in [1.82, 2.24) is 4.98 Å². The molecule has 0 bridgehead atoms. The van der Waals surface area contributed by atoms with Crippen molar-refractivity contribution in [3.8, 4) is 0 Å². The Kier molecular flexibility index (Phi) is 1.75. The molecule has 0 aromatic carbocycles. The summed E-state index contributed by atoms with van der Waals surface area (Å²) in [6.07, 6.45) is 4.92. The van der Waals surface area contributed by atoms with Crippen LogP contribution in [0.3, 0.4) is 0 Å². The highest BCUT2D eigenvalue weighted by molar-refractivity contribution is 5.98. The lowest BCUT2D eigenvalue weighted by molar-refractivity contribution is 0.0894. The quantitative estimate of drug-likeness (QED) is 0.676. The molecule has 1 aliphatic rings. The molecule has 1 aromatic heterocycles. The first-order chi connectivity index (χ1) is 5.83. The average Bonchev–Trinajstić information content (AvgIpc) is 2.53. The number of Topliss-reactive ketones (excluding diaryl/α,β-unsaturated/α-hetero) is 1. The fourth-order valence-electron chi connectivity index (χ4n) is 1.89. The predicted molar refractivity (Wildman–Crippen MR) is 47.2 cm³/mol. The van der Waals surface area contributed by atoms with Crippen LogP contribution < -0.4 is 0 Å². The van der Waals surface area contributed by atoms with Gasteiger partial charge in [0.1, 0.15) is 0 Å². The Morgan fingerprint density at radius 1 is 1.67 bits per heavy atom. The largest absolute Gasteiger partial charge is 0.359 e. The summed E-state index contributed by atoms with van der Waals surface area (Å²) < 4.78 is 0. The second-order valence-corrected chi connectivity index (χ2v) is 3.39. The number of carbonyl (C=O) groups excluding carboxylic acids is 1. The smallest absolute Gasteiger partial charge is 0.182 e. The molecule has 0 saturated carbocycles. The predicted octanol–water partition coefficient (Wildman–Crippen LogP) is 2.17. The van der Waals surface area contributed by atoms with Crippen molar-refractivity contribution in [2.75, 3.05) is 0 Å². The molecule has 2 nitrogen and oxygen atoms in total. The van der Waals surface area contributed by atoms with Crippen LogP contribution in [-0.2, 0) is 6.42 Å². The van der Waals surface area contributed by atoms with Crippen LogP contribution in [-0.4, -0.2) is 10.8 Å². The number of carbonyl (C=O) groups is 1. The van der Waals surface area contributed by atoms with Gasteiger partial charge in [0.05, 0.1) is 5.69 Å². The number of fused-ring (bicyclic) bond motifs is 1. The van der Waals surface area contributed by atoms with Gasteiger partial charge in [0.2, 0.25) is 0 Å². The molecule has 2 heteroatoms. The highest BCUT2D eigenvalue weighted by Crippen LogP contribution is 2.26. The number of rotatable bonds is 1. The zero-order valence-electron chi connectivity index (χ0n) is 7.26. The summed E-state index contributed by atoms with van der Waals surface area (Å²) in [5, 5.41) is 0. The normalized spacial score (nSPS) is 22.4. The Labute approximate surface area is 72.0 Å². The first-order valence-electron chi connectivity index (χ1n) is 4.53. The number of hydrogen-bond donors (Lipinski definition) is 1. The van der Waals surface area contributed by atoms with E-state index in [1.54, 1.807) is 0 Å². The Morgan fingerprint density at radius 2 is 2.50 bits per heavy atom. The van der Waals surface area contributed by atoms with Crippen molar-refractivity contribution >= 4 is 5.78 Å². The summed E-state index contributed by atoms with van der Waals surface area (Å²) in [5.41, 5.74) is 2.05. The lowest BCUT2D eigenvalue weighted by atomic mass is 9.85. The van der Waals surface area contributed by atoms with Gasteiger partial charge in [-0.25, -0.2) is 0 Å². The second kappa shape index (κ2) is 2.77. The van der Waals surface area contributed by atoms with Gasteiger partial charge >= 0.3 is 0 Å². The molecule has 0 amide bonds. The number of aromatic amines is 1. The second-order valence-electron chi connectivity index (χ2n) is 3.39. The summed E-state index contributed by atoms with van der Waals surface area (Å²) in [5.74, 6) is 0.569. The van der Waals surface area contributed by atoms with E-state index in [9.17, 15) is 4.79 Å². The molecule has 1 heterocycles. The highest BCUT2D eigenvalue weighted by atomic mass is 16.1. The molecule has 1 atom stereocenters. The molecule has 0 fully saturated rings. The van der Waals surface area contributed by atoms with E-state index in [2.05, 4.69) is 11.9 Å². The molecular formula is C10H13NO. The molecule has 0 spiro atoms. The van der Waals surface area contributed by atoms with Crippen molar-refractivity contribution in [1.29, 1.82) is 0 Å². The van der Waals surface area contributed by atoms with Crippen LogP contribution >= 0.6 is 0 Å². The topological polar surface area (TPSA) is 32.9 Å². The van der Waals surface area contributed by atoms with Gasteiger partial charge in [-0.05, 0) is 30.9 Å². The third-order valence-electron chi connectivity index (χ3n) is 2.71. The first kappa shape index (κ1) is 7.59. The van der Waals surface area contributed by atoms with E-state index in [1.165, 1.54) is 5.56 Å². The Balaban J connectivity index is 2.35. The molecule has 1 aliphatic carbocycles. The lowest BCUT2D eigenvalue weighted by Crippen LogP contribution is -2.21. The van der Waals surface area contributed by atoms with Gasteiger partial charge in [-0.1, -0.05) is 6.92 Å². The number of ketones is 1. The molecule has 0 radical (unpaired) electrons. The lowest BCUT2D eigenvalue weighted by Gasteiger charge is -2.18. The average molecular weight is 163 g/mol. The zero-order valence-corrected chi connectivity index (χ0v) is 7.26. The molecular weight excluding hydrogens is 150 g/mol. The standard InChI is InChI=1S/C10H13NO/c1-2-7-3-4-8-5-6-11-9(8)10(7)12/h5-7,11H,2-4H2,1H3. The maximum Gasteiger partial charge on any atom is 0.182 e. The van der Waals surface area contributed by atoms with Crippen LogP contribution in [0.15, 0.2) is 12.3 Å². The molecule has 2 rings (SSSR count). The van der Waals surface area contributed by atoms with Crippen LogP contribution in [0.1, 0.15) is 35.8 Å². The molecule has 12 heavy (non-hydrogen) atoms. The number of H-pyrrole nitrogens is 1. The van der Waals surface area contributed by atoms with Gasteiger partial charge in [-0.3, -0.25) is 4.79 Å². The number of hydrogen-bond acceptors (Lipinski definition) is 1. The molecule has 1 aromatic rings. The Bertz CT molecular complexity index is 301. The van der Waals surface area contributed by atoms with E-state index in [-0.39, 0.29) is 5.92 Å². The van der Waals surface area contributed by atoms with Gasteiger partial charge in [0.15, 0.2) is 5.78 Å². The van der Waals surface area contributed by atoms with E-state index in [0.29, 0.717) is 5.78 Å². The summed E-state index contributed by atoms with van der Waals surface area (Å²) in [7, 11) is 0. The fourth-order valence-corrected chi connectivity index (χ4v) is 1.89. The van der Waals surface area contributed by atoms with Gasteiger partial charge in [-0.2, -0.15) is 0 Å². The summed E-state index contributed by atoms with van der Waals surface area (Å²) in [6, 6.07) is 2.01. The van der Waals surface area contributed by atoms with Gasteiger partial charge < -0.3 is 4.98 Å². The van der Waals surface area contributed by atoms with Gasteiger partial charge in [-0.15, -0.1) is 0 Å². The minimum atomic E-state index is 0.260. The summed E-state index contributed by atoms with van der Waals surface area (Å²) in [4.78, 5) is 14.7. The fraction of sp³-hybridized carbons (Fsp3) is 0.500. The molecule has 1 N–H and O–H groups in total. The van der Waals surface area contributed by atoms with Crippen molar-refractivity contribution in [2.45, 2.75) is 26.2 Å². The maximum atomic E-state index is 11.7. The van der Waals surface area contributed by atoms with Crippen LogP contribution in [0.5, 0.6) is 0 Å². The van der Waals surface area contributed by atoms with Crippen molar-refractivity contribution in [2.24, 2.45) is 5.92 Å². The van der Waals surface area contributed by atoms with E-state index in [0.717, 1.165) is 25.0 Å².